The van der Waals surface area contributed by atoms with Crippen molar-refractivity contribution in [1.29, 1.82) is 0 Å². The molecule has 3 aromatic rings. The molecule has 2 aromatic carbocycles. The Labute approximate surface area is 170 Å². The standard InChI is InChI=1S/C23H25N3O3/c1-16-13-17(2)23(18(3)14-16)29-15-21(27)24-11-12-28-22-10-9-20(25-26-22)19-7-5-4-6-8-19/h4-10,13-14H,11-12,15H2,1-3H3,(H,24,27). The third kappa shape index (κ3) is 5.78. The number of hydrogen-bond donors (Lipinski definition) is 1. The average molecular weight is 391 g/mol. The van der Waals surface area contributed by atoms with Gasteiger partial charge in [0.2, 0.25) is 5.88 Å². The number of benzene rings is 2. The first kappa shape index (κ1) is 20.3. The predicted molar refractivity (Wildman–Crippen MR) is 112 cm³/mol. The second-order valence-corrected chi connectivity index (χ2v) is 6.84. The fraction of sp³-hybridized carbons (Fsp3) is 0.261. The summed E-state index contributed by atoms with van der Waals surface area (Å²) in [7, 11) is 0. The summed E-state index contributed by atoms with van der Waals surface area (Å²) < 4.78 is 11.2. The summed E-state index contributed by atoms with van der Waals surface area (Å²) in [5.41, 5.74) is 5.00. The minimum atomic E-state index is -0.196. The molecule has 6 nitrogen and oxygen atoms in total. The van der Waals surface area contributed by atoms with Gasteiger partial charge in [0.1, 0.15) is 12.4 Å². The average Bonchev–Trinajstić information content (AvgIpc) is 2.71. The lowest BCUT2D eigenvalue weighted by Gasteiger charge is -2.13. The second kappa shape index (κ2) is 9.68. The highest BCUT2D eigenvalue weighted by Crippen LogP contribution is 2.24. The third-order valence-electron chi connectivity index (χ3n) is 4.34. The van der Waals surface area contributed by atoms with Crippen molar-refractivity contribution in [3.05, 3.63) is 71.3 Å². The number of carbonyl (C=O) groups excluding carboxylic acids is 1. The molecule has 0 aliphatic heterocycles. The molecule has 29 heavy (non-hydrogen) atoms. The molecule has 0 aliphatic rings. The van der Waals surface area contributed by atoms with E-state index < -0.39 is 0 Å². The van der Waals surface area contributed by atoms with Gasteiger partial charge in [0, 0.05) is 11.6 Å². The molecule has 1 amide bonds. The fourth-order valence-electron chi connectivity index (χ4n) is 3.09. The van der Waals surface area contributed by atoms with Crippen LogP contribution in [0.4, 0.5) is 0 Å². The molecule has 0 unspecified atom stereocenters. The smallest absolute Gasteiger partial charge is 0.258 e. The molecule has 6 heteroatoms. The lowest BCUT2D eigenvalue weighted by Crippen LogP contribution is -2.32. The van der Waals surface area contributed by atoms with Crippen LogP contribution in [0.1, 0.15) is 16.7 Å². The van der Waals surface area contributed by atoms with Crippen molar-refractivity contribution in [2.24, 2.45) is 0 Å². The second-order valence-electron chi connectivity index (χ2n) is 6.84. The molecule has 0 atom stereocenters. The molecule has 0 saturated heterocycles. The van der Waals surface area contributed by atoms with Gasteiger partial charge in [-0.2, -0.15) is 0 Å². The highest BCUT2D eigenvalue weighted by molar-refractivity contribution is 5.77. The molecular formula is C23H25N3O3. The first-order chi connectivity index (χ1) is 14.0. The summed E-state index contributed by atoms with van der Waals surface area (Å²) in [6, 6.07) is 17.5. The van der Waals surface area contributed by atoms with Crippen LogP contribution < -0.4 is 14.8 Å². The quantitative estimate of drug-likeness (QED) is 0.594. The molecule has 0 saturated carbocycles. The first-order valence-corrected chi connectivity index (χ1v) is 9.52. The number of amides is 1. The molecule has 0 fully saturated rings. The van der Waals surface area contributed by atoms with Gasteiger partial charge in [-0.3, -0.25) is 4.79 Å². The van der Waals surface area contributed by atoms with Gasteiger partial charge >= 0.3 is 0 Å². The van der Waals surface area contributed by atoms with E-state index in [1.54, 1.807) is 6.07 Å². The summed E-state index contributed by atoms with van der Waals surface area (Å²) in [6.45, 7) is 6.62. The van der Waals surface area contributed by atoms with Gasteiger partial charge in [-0.15, -0.1) is 10.2 Å². The molecule has 3 rings (SSSR count). The summed E-state index contributed by atoms with van der Waals surface area (Å²) in [5.74, 6) is 0.982. The lowest BCUT2D eigenvalue weighted by molar-refractivity contribution is -0.123. The van der Waals surface area contributed by atoms with Crippen molar-refractivity contribution < 1.29 is 14.3 Å². The van der Waals surface area contributed by atoms with E-state index >= 15 is 0 Å². The van der Waals surface area contributed by atoms with Crippen LogP contribution in [-0.2, 0) is 4.79 Å². The van der Waals surface area contributed by atoms with Gasteiger partial charge in [-0.1, -0.05) is 48.0 Å². The van der Waals surface area contributed by atoms with E-state index in [4.69, 9.17) is 9.47 Å². The van der Waals surface area contributed by atoms with Gasteiger partial charge in [-0.25, -0.2) is 0 Å². The van der Waals surface area contributed by atoms with Gasteiger partial charge in [0.05, 0.1) is 12.2 Å². The molecule has 0 bridgehead atoms. The maximum atomic E-state index is 12.0. The number of rotatable bonds is 8. The Morgan fingerprint density at radius 2 is 1.66 bits per heavy atom. The topological polar surface area (TPSA) is 73.3 Å². The zero-order valence-electron chi connectivity index (χ0n) is 16.9. The highest BCUT2D eigenvalue weighted by Gasteiger charge is 2.08. The maximum Gasteiger partial charge on any atom is 0.258 e. The van der Waals surface area contributed by atoms with Gasteiger partial charge < -0.3 is 14.8 Å². The number of aromatic nitrogens is 2. The summed E-state index contributed by atoms with van der Waals surface area (Å²) >= 11 is 0. The van der Waals surface area contributed by atoms with Crippen LogP contribution in [0.3, 0.4) is 0 Å². The minimum Gasteiger partial charge on any atom is -0.483 e. The maximum absolute atomic E-state index is 12.0. The fourth-order valence-corrected chi connectivity index (χ4v) is 3.09. The highest BCUT2D eigenvalue weighted by atomic mass is 16.5. The Bertz CT molecular complexity index is 934. The van der Waals surface area contributed by atoms with Crippen LogP contribution in [-0.4, -0.2) is 35.9 Å². The van der Waals surface area contributed by atoms with Crippen LogP contribution >= 0.6 is 0 Å². The zero-order chi connectivity index (χ0) is 20.6. The Hall–Kier alpha value is -3.41. The van der Waals surface area contributed by atoms with E-state index in [9.17, 15) is 4.79 Å². The summed E-state index contributed by atoms with van der Waals surface area (Å²) in [4.78, 5) is 12.0. The van der Waals surface area contributed by atoms with Crippen molar-refractivity contribution in [3.8, 4) is 22.9 Å². The van der Waals surface area contributed by atoms with Gasteiger partial charge in [0.25, 0.3) is 5.91 Å². The van der Waals surface area contributed by atoms with Crippen molar-refractivity contribution in [3.63, 3.8) is 0 Å². The van der Waals surface area contributed by atoms with E-state index in [0.29, 0.717) is 19.0 Å². The van der Waals surface area contributed by atoms with Crippen LogP contribution in [0.5, 0.6) is 11.6 Å². The number of carbonyl (C=O) groups is 1. The molecule has 1 aromatic heterocycles. The molecule has 0 spiro atoms. The molecule has 0 radical (unpaired) electrons. The SMILES string of the molecule is Cc1cc(C)c(OCC(=O)NCCOc2ccc(-c3ccccc3)nn2)c(C)c1. The summed E-state index contributed by atoms with van der Waals surface area (Å²) in [6.07, 6.45) is 0. The van der Waals surface area contributed by atoms with Crippen molar-refractivity contribution >= 4 is 5.91 Å². The molecule has 1 heterocycles. The number of ether oxygens (including phenoxy) is 2. The van der Waals surface area contributed by atoms with E-state index in [0.717, 1.165) is 28.1 Å². The molecule has 0 aliphatic carbocycles. The van der Waals surface area contributed by atoms with Crippen LogP contribution in [0.25, 0.3) is 11.3 Å². The largest absolute Gasteiger partial charge is 0.483 e. The Morgan fingerprint density at radius 1 is 0.931 bits per heavy atom. The minimum absolute atomic E-state index is 0.0314. The summed E-state index contributed by atoms with van der Waals surface area (Å²) in [5, 5.41) is 11.0. The Morgan fingerprint density at radius 3 is 2.31 bits per heavy atom. The van der Waals surface area contributed by atoms with Crippen molar-refractivity contribution in [1.82, 2.24) is 15.5 Å². The number of nitrogens with one attached hydrogen (secondary N) is 1. The predicted octanol–water partition coefficient (Wildman–Crippen LogP) is 3.64. The third-order valence-corrected chi connectivity index (χ3v) is 4.34. The van der Waals surface area contributed by atoms with Crippen LogP contribution in [0, 0.1) is 20.8 Å². The van der Waals surface area contributed by atoms with Crippen LogP contribution in [0.15, 0.2) is 54.6 Å². The van der Waals surface area contributed by atoms with Crippen molar-refractivity contribution in [2.75, 3.05) is 19.8 Å². The first-order valence-electron chi connectivity index (χ1n) is 9.52. The number of nitrogens with zero attached hydrogens (tertiary/aromatic N) is 2. The molecule has 1 N–H and O–H groups in total. The monoisotopic (exact) mass is 391 g/mol. The zero-order valence-corrected chi connectivity index (χ0v) is 16.9. The van der Waals surface area contributed by atoms with E-state index in [1.165, 1.54) is 5.56 Å². The van der Waals surface area contributed by atoms with Gasteiger partial charge in [0.15, 0.2) is 6.61 Å². The molecular weight excluding hydrogens is 366 g/mol. The van der Waals surface area contributed by atoms with Crippen molar-refractivity contribution in [2.45, 2.75) is 20.8 Å². The Kier molecular flexibility index (Phi) is 6.79. The molecule has 150 valence electrons. The normalized spacial score (nSPS) is 10.4. The lowest BCUT2D eigenvalue weighted by atomic mass is 10.1. The Balaban J connectivity index is 1.40. The van der Waals surface area contributed by atoms with E-state index in [1.807, 2.05) is 69.3 Å². The number of hydrogen-bond acceptors (Lipinski definition) is 5. The van der Waals surface area contributed by atoms with Gasteiger partial charge in [-0.05, 0) is 38.0 Å². The van der Waals surface area contributed by atoms with E-state index in [-0.39, 0.29) is 12.5 Å². The van der Waals surface area contributed by atoms with E-state index in [2.05, 4.69) is 15.5 Å². The van der Waals surface area contributed by atoms with Crippen LogP contribution in [0.2, 0.25) is 0 Å². The number of aryl methyl sites for hydroxylation is 3.